The number of methoxy groups -OCH3 is 1. The first kappa shape index (κ1) is 13.7. The Bertz CT molecular complexity index is 317. The fourth-order valence-corrected chi connectivity index (χ4v) is 2.26. The Morgan fingerprint density at radius 3 is 2.75 bits per heavy atom. The van der Waals surface area contributed by atoms with E-state index in [1.54, 1.807) is 7.11 Å². The Morgan fingerprint density at radius 1 is 1.44 bits per heavy atom. The number of halogens is 1. The molecule has 0 aliphatic rings. The lowest BCUT2D eigenvalue weighted by Crippen LogP contribution is -2.21. The number of ether oxygens (including phenoxy) is 1. The zero-order chi connectivity index (χ0) is 12.0. The van der Waals surface area contributed by atoms with Crippen LogP contribution in [0.3, 0.4) is 0 Å². The van der Waals surface area contributed by atoms with Crippen LogP contribution in [0.15, 0.2) is 28.7 Å². The topological polar surface area (TPSA) is 21.3 Å². The number of rotatable bonds is 6. The minimum absolute atomic E-state index is 0.289. The van der Waals surface area contributed by atoms with Crippen molar-refractivity contribution < 1.29 is 4.74 Å². The molecule has 2 atom stereocenters. The second-order valence-corrected chi connectivity index (χ2v) is 5.01. The van der Waals surface area contributed by atoms with E-state index in [1.165, 1.54) is 5.56 Å². The number of likely N-dealkylation sites (N-methyl/N-ethyl adjacent to an activating group) is 1. The van der Waals surface area contributed by atoms with Crippen molar-refractivity contribution in [1.29, 1.82) is 0 Å². The summed E-state index contributed by atoms with van der Waals surface area (Å²) in [5.74, 6) is 0.498. The average molecular weight is 286 g/mol. The van der Waals surface area contributed by atoms with Crippen molar-refractivity contribution in [3.05, 3.63) is 34.3 Å². The van der Waals surface area contributed by atoms with E-state index in [4.69, 9.17) is 4.74 Å². The minimum atomic E-state index is 0.289. The van der Waals surface area contributed by atoms with Crippen LogP contribution in [-0.2, 0) is 4.74 Å². The van der Waals surface area contributed by atoms with E-state index < -0.39 is 0 Å². The summed E-state index contributed by atoms with van der Waals surface area (Å²) < 4.78 is 6.47. The zero-order valence-electron chi connectivity index (χ0n) is 10.2. The van der Waals surface area contributed by atoms with Crippen LogP contribution in [0.25, 0.3) is 0 Å². The molecule has 0 heterocycles. The molecule has 0 aromatic heterocycles. The first-order valence-corrected chi connectivity index (χ1v) is 6.39. The maximum Gasteiger partial charge on any atom is 0.0549 e. The van der Waals surface area contributed by atoms with Gasteiger partial charge in [0.25, 0.3) is 0 Å². The van der Waals surface area contributed by atoms with Gasteiger partial charge in [-0.05, 0) is 44.0 Å². The summed E-state index contributed by atoms with van der Waals surface area (Å²) in [5.41, 5.74) is 1.35. The molecule has 0 spiro atoms. The van der Waals surface area contributed by atoms with E-state index in [-0.39, 0.29) is 6.10 Å². The molecule has 0 amide bonds. The summed E-state index contributed by atoms with van der Waals surface area (Å²) >= 11 is 3.51. The van der Waals surface area contributed by atoms with Crippen molar-refractivity contribution >= 4 is 15.9 Å². The highest BCUT2D eigenvalue weighted by molar-refractivity contribution is 9.10. The molecule has 0 aliphatic heterocycles. The molecule has 1 aromatic rings. The third-order valence-corrected chi connectivity index (χ3v) is 3.28. The lowest BCUT2D eigenvalue weighted by Gasteiger charge is -2.20. The minimum Gasteiger partial charge on any atom is -0.382 e. The van der Waals surface area contributed by atoms with Crippen LogP contribution in [-0.4, -0.2) is 26.8 Å². The van der Waals surface area contributed by atoms with E-state index in [9.17, 15) is 0 Å². The van der Waals surface area contributed by atoms with Gasteiger partial charge in [-0.2, -0.15) is 0 Å². The molecule has 90 valence electrons. The van der Waals surface area contributed by atoms with Gasteiger partial charge in [-0.15, -0.1) is 0 Å². The lowest BCUT2D eigenvalue weighted by molar-refractivity contribution is 0.104. The van der Waals surface area contributed by atoms with Gasteiger partial charge in [-0.1, -0.05) is 28.1 Å². The van der Waals surface area contributed by atoms with Crippen LogP contribution < -0.4 is 5.32 Å². The van der Waals surface area contributed by atoms with Crippen LogP contribution in [0.1, 0.15) is 24.8 Å². The highest BCUT2D eigenvalue weighted by atomic mass is 79.9. The molecule has 1 rings (SSSR count). The van der Waals surface area contributed by atoms with E-state index in [0.717, 1.165) is 17.4 Å². The quantitative estimate of drug-likeness (QED) is 0.867. The molecule has 0 radical (unpaired) electrons. The van der Waals surface area contributed by atoms with Crippen molar-refractivity contribution in [2.45, 2.75) is 25.4 Å². The first-order chi connectivity index (χ1) is 7.67. The summed E-state index contributed by atoms with van der Waals surface area (Å²) in [4.78, 5) is 0. The number of hydrogen-bond donors (Lipinski definition) is 1. The fourth-order valence-electron chi connectivity index (χ4n) is 1.84. The van der Waals surface area contributed by atoms with E-state index in [0.29, 0.717) is 5.92 Å². The van der Waals surface area contributed by atoms with Crippen LogP contribution in [0.2, 0.25) is 0 Å². The molecule has 16 heavy (non-hydrogen) atoms. The van der Waals surface area contributed by atoms with Gasteiger partial charge in [0.2, 0.25) is 0 Å². The highest BCUT2D eigenvalue weighted by Crippen LogP contribution is 2.24. The molecule has 1 N–H and O–H groups in total. The summed E-state index contributed by atoms with van der Waals surface area (Å²) in [6, 6.07) is 8.50. The number of hydrogen-bond acceptors (Lipinski definition) is 2. The molecule has 3 heteroatoms. The van der Waals surface area contributed by atoms with Crippen molar-refractivity contribution in [2.24, 2.45) is 0 Å². The number of benzene rings is 1. The molecule has 0 saturated heterocycles. The van der Waals surface area contributed by atoms with Gasteiger partial charge in [0, 0.05) is 18.1 Å². The molecule has 2 nitrogen and oxygen atoms in total. The molecule has 0 bridgehead atoms. The second-order valence-electron chi connectivity index (χ2n) is 4.09. The molecule has 2 unspecified atom stereocenters. The molecular weight excluding hydrogens is 266 g/mol. The number of nitrogens with one attached hydrogen (secondary N) is 1. The monoisotopic (exact) mass is 285 g/mol. The maximum absolute atomic E-state index is 5.34. The van der Waals surface area contributed by atoms with Crippen LogP contribution >= 0.6 is 15.9 Å². The third kappa shape index (κ3) is 4.24. The standard InChI is InChI=1S/C13H20BrNO/c1-10(16-3)7-12(9-15-2)11-5-4-6-13(14)8-11/h4-6,8,10,12,15H,7,9H2,1-3H3. The third-order valence-electron chi connectivity index (χ3n) is 2.79. The van der Waals surface area contributed by atoms with Crippen LogP contribution in [0.4, 0.5) is 0 Å². The van der Waals surface area contributed by atoms with Crippen molar-refractivity contribution in [1.82, 2.24) is 5.32 Å². The van der Waals surface area contributed by atoms with Gasteiger partial charge in [-0.3, -0.25) is 0 Å². The van der Waals surface area contributed by atoms with Gasteiger partial charge in [0.05, 0.1) is 6.10 Å². The molecule has 1 aromatic carbocycles. The van der Waals surface area contributed by atoms with Crippen LogP contribution in [0.5, 0.6) is 0 Å². The Morgan fingerprint density at radius 2 is 2.19 bits per heavy atom. The summed E-state index contributed by atoms with van der Waals surface area (Å²) in [6.07, 6.45) is 1.32. The summed E-state index contributed by atoms with van der Waals surface area (Å²) in [5, 5.41) is 3.24. The van der Waals surface area contributed by atoms with Crippen molar-refractivity contribution in [2.75, 3.05) is 20.7 Å². The highest BCUT2D eigenvalue weighted by Gasteiger charge is 2.14. The predicted molar refractivity (Wildman–Crippen MR) is 71.9 cm³/mol. The van der Waals surface area contributed by atoms with Crippen molar-refractivity contribution in [3.63, 3.8) is 0 Å². The van der Waals surface area contributed by atoms with Crippen LogP contribution in [0, 0.1) is 0 Å². The van der Waals surface area contributed by atoms with Gasteiger partial charge in [0.15, 0.2) is 0 Å². The Balaban J connectivity index is 2.76. The molecule has 0 aliphatic carbocycles. The van der Waals surface area contributed by atoms with Gasteiger partial charge < -0.3 is 10.1 Å². The largest absolute Gasteiger partial charge is 0.382 e. The predicted octanol–water partition coefficient (Wildman–Crippen LogP) is 3.18. The van der Waals surface area contributed by atoms with E-state index >= 15 is 0 Å². The Labute approximate surface area is 107 Å². The normalized spacial score (nSPS) is 14.8. The lowest BCUT2D eigenvalue weighted by atomic mass is 9.93. The smallest absolute Gasteiger partial charge is 0.0549 e. The molecule has 0 fully saturated rings. The maximum atomic E-state index is 5.34. The van der Waals surface area contributed by atoms with Crippen molar-refractivity contribution in [3.8, 4) is 0 Å². The van der Waals surface area contributed by atoms with Gasteiger partial charge >= 0.3 is 0 Å². The SMILES string of the molecule is CNCC(CC(C)OC)c1cccc(Br)c1. The second kappa shape index (κ2) is 7.05. The zero-order valence-corrected chi connectivity index (χ0v) is 11.8. The Hall–Kier alpha value is -0.380. The van der Waals surface area contributed by atoms with E-state index in [2.05, 4.69) is 52.4 Å². The summed E-state index contributed by atoms with van der Waals surface area (Å²) in [6.45, 7) is 3.09. The Kier molecular flexibility index (Phi) is 6.03. The first-order valence-electron chi connectivity index (χ1n) is 5.60. The van der Waals surface area contributed by atoms with Gasteiger partial charge in [0.1, 0.15) is 0 Å². The average Bonchev–Trinajstić information content (AvgIpc) is 2.28. The molecule has 0 saturated carbocycles. The fraction of sp³-hybridized carbons (Fsp3) is 0.538. The van der Waals surface area contributed by atoms with Gasteiger partial charge in [-0.25, -0.2) is 0 Å². The van der Waals surface area contributed by atoms with E-state index in [1.807, 2.05) is 7.05 Å². The molecular formula is C13H20BrNO. The summed E-state index contributed by atoms with van der Waals surface area (Å²) in [7, 11) is 3.75.